The molecule has 3 rings (SSSR count). The van der Waals surface area contributed by atoms with Crippen LogP contribution in [-0.4, -0.2) is 27.9 Å². The number of rotatable bonds is 6. The lowest BCUT2D eigenvalue weighted by Crippen LogP contribution is -2.40. The number of benzene rings is 1. The van der Waals surface area contributed by atoms with Crippen LogP contribution in [0.2, 0.25) is 0 Å². The number of carbonyl (C=O) groups is 2. The van der Waals surface area contributed by atoms with Crippen molar-refractivity contribution < 1.29 is 9.59 Å². The van der Waals surface area contributed by atoms with Gasteiger partial charge in [0.05, 0.1) is 18.9 Å². The Kier molecular flexibility index (Phi) is 6.04. The van der Waals surface area contributed by atoms with Gasteiger partial charge in [0, 0.05) is 24.0 Å². The van der Waals surface area contributed by atoms with Crippen LogP contribution < -0.4 is 10.6 Å². The highest BCUT2D eigenvalue weighted by atomic mass is 16.2. The van der Waals surface area contributed by atoms with E-state index in [9.17, 15) is 9.59 Å². The lowest BCUT2D eigenvalue weighted by molar-refractivity contribution is -0.129. The number of hydrogen-bond acceptors (Lipinski definition) is 3. The van der Waals surface area contributed by atoms with Gasteiger partial charge in [-0.05, 0) is 37.5 Å². The molecule has 1 atom stereocenters. The summed E-state index contributed by atoms with van der Waals surface area (Å²) in [6.07, 6.45) is 10.7. The highest BCUT2D eigenvalue weighted by Crippen LogP contribution is 2.23. The third kappa shape index (κ3) is 4.71. The fourth-order valence-electron chi connectivity index (χ4n) is 3.40. The number of carbonyl (C=O) groups excluding carboxylic acids is 2. The normalized spacial score (nSPS) is 16.0. The van der Waals surface area contributed by atoms with Gasteiger partial charge in [-0.2, -0.15) is 0 Å². The molecule has 1 saturated carbocycles. The molecule has 6 heteroatoms. The van der Waals surface area contributed by atoms with E-state index in [-0.39, 0.29) is 30.3 Å². The van der Waals surface area contributed by atoms with Crippen LogP contribution >= 0.6 is 0 Å². The maximum atomic E-state index is 12.1. The Morgan fingerprint density at radius 1 is 1.19 bits per heavy atom. The van der Waals surface area contributed by atoms with Crippen LogP contribution in [0.5, 0.6) is 0 Å². The Morgan fingerprint density at radius 3 is 2.58 bits per heavy atom. The summed E-state index contributed by atoms with van der Waals surface area (Å²) in [4.78, 5) is 28.3. The van der Waals surface area contributed by atoms with Gasteiger partial charge in [0.25, 0.3) is 0 Å². The van der Waals surface area contributed by atoms with Crippen LogP contribution in [0.3, 0.4) is 0 Å². The van der Waals surface area contributed by atoms with Crippen molar-refractivity contribution in [3.63, 3.8) is 0 Å². The Hall–Kier alpha value is -2.63. The molecule has 0 radical (unpaired) electrons. The molecule has 2 N–H and O–H groups in total. The summed E-state index contributed by atoms with van der Waals surface area (Å²) >= 11 is 0. The van der Waals surface area contributed by atoms with E-state index < -0.39 is 0 Å². The summed E-state index contributed by atoms with van der Waals surface area (Å²) in [7, 11) is 0. The molecule has 1 aromatic carbocycles. The summed E-state index contributed by atoms with van der Waals surface area (Å²) < 4.78 is 1.92. The zero-order valence-corrected chi connectivity index (χ0v) is 15.1. The molecule has 0 aliphatic heterocycles. The van der Waals surface area contributed by atoms with E-state index in [4.69, 9.17) is 0 Å². The van der Waals surface area contributed by atoms with Gasteiger partial charge in [0.15, 0.2) is 0 Å². The van der Waals surface area contributed by atoms with Gasteiger partial charge in [-0.1, -0.05) is 31.4 Å². The first-order valence-corrected chi connectivity index (χ1v) is 9.29. The van der Waals surface area contributed by atoms with Gasteiger partial charge in [-0.25, -0.2) is 4.98 Å². The second kappa shape index (κ2) is 8.65. The first kappa shape index (κ1) is 18.2. The molecule has 1 aliphatic carbocycles. The summed E-state index contributed by atoms with van der Waals surface area (Å²) in [5.41, 5.74) is 2.03. The molecule has 2 amide bonds. The number of imidazole rings is 1. The number of aromatic nitrogens is 2. The fourth-order valence-corrected chi connectivity index (χ4v) is 3.40. The van der Waals surface area contributed by atoms with Gasteiger partial charge in [-0.15, -0.1) is 0 Å². The zero-order chi connectivity index (χ0) is 18.4. The van der Waals surface area contributed by atoms with Crippen LogP contribution in [-0.2, 0) is 9.59 Å². The van der Waals surface area contributed by atoms with Crippen LogP contribution in [0.1, 0.15) is 50.6 Å². The van der Waals surface area contributed by atoms with E-state index in [2.05, 4.69) is 15.6 Å². The predicted molar refractivity (Wildman–Crippen MR) is 99.7 cm³/mol. The van der Waals surface area contributed by atoms with Gasteiger partial charge in [0.1, 0.15) is 0 Å². The van der Waals surface area contributed by atoms with E-state index in [0.717, 1.165) is 36.9 Å². The van der Waals surface area contributed by atoms with Gasteiger partial charge in [0.2, 0.25) is 11.8 Å². The average molecular weight is 354 g/mol. The van der Waals surface area contributed by atoms with Crippen molar-refractivity contribution in [2.45, 2.75) is 45.1 Å². The number of hydrogen-bond donors (Lipinski definition) is 2. The summed E-state index contributed by atoms with van der Waals surface area (Å²) in [6.45, 7) is 1.97. The Bertz CT molecular complexity index is 719. The minimum atomic E-state index is -0.166. The van der Waals surface area contributed by atoms with Crippen molar-refractivity contribution >= 4 is 11.8 Å². The quantitative estimate of drug-likeness (QED) is 0.837. The van der Waals surface area contributed by atoms with Crippen molar-refractivity contribution in [3.05, 3.63) is 48.5 Å². The number of nitrogens with zero attached hydrogens (tertiary/aromatic N) is 2. The fraction of sp³-hybridized carbons (Fsp3) is 0.450. The SMILES string of the molecule is C[C@H](NC(=O)CNC(=O)C1CCCCC1)c1ccc(-n2ccnc2)cc1. The van der Waals surface area contributed by atoms with Crippen LogP contribution in [0.25, 0.3) is 5.69 Å². The van der Waals surface area contributed by atoms with Crippen molar-refractivity contribution in [2.24, 2.45) is 5.92 Å². The third-order valence-electron chi connectivity index (χ3n) is 4.97. The predicted octanol–water partition coefficient (Wildman–Crippen LogP) is 2.75. The Balaban J connectivity index is 1.47. The van der Waals surface area contributed by atoms with Crippen LogP contribution in [0.4, 0.5) is 0 Å². The lowest BCUT2D eigenvalue weighted by Gasteiger charge is -2.21. The van der Waals surface area contributed by atoms with Gasteiger partial charge >= 0.3 is 0 Å². The molecule has 0 saturated heterocycles. The first-order chi connectivity index (χ1) is 12.6. The Morgan fingerprint density at radius 2 is 1.92 bits per heavy atom. The van der Waals surface area contributed by atoms with Gasteiger partial charge < -0.3 is 15.2 Å². The van der Waals surface area contributed by atoms with Crippen LogP contribution in [0, 0.1) is 5.92 Å². The third-order valence-corrected chi connectivity index (χ3v) is 4.97. The molecule has 0 unspecified atom stereocenters. The molecular weight excluding hydrogens is 328 g/mol. The highest BCUT2D eigenvalue weighted by molar-refractivity contribution is 5.86. The lowest BCUT2D eigenvalue weighted by atomic mass is 9.89. The van der Waals surface area contributed by atoms with E-state index in [1.54, 1.807) is 12.5 Å². The maximum Gasteiger partial charge on any atom is 0.239 e. The smallest absolute Gasteiger partial charge is 0.239 e. The average Bonchev–Trinajstić information content (AvgIpc) is 3.21. The minimum absolute atomic E-state index is 0.0113. The van der Waals surface area contributed by atoms with Crippen LogP contribution in [0.15, 0.2) is 43.0 Å². The number of nitrogens with one attached hydrogen (secondary N) is 2. The van der Waals surface area contributed by atoms with E-state index in [1.807, 2.05) is 42.0 Å². The standard InChI is InChI=1S/C20H26N4O2/c1-15(16-7-9-18(10-8-16)24-12-11-21-14-24)23-19(25)13-22-20(26)17-5-3-2-4-6-17/h7-12,14-15,17H,2-6,13H2,1H3,(H,22,26)(H,23,25)/t15-/m0/s1. The Labute approximate surface area is 154 Å². The number of amides is 2. The molecule has 1 aromatic heterocycles. The molecule has 1 heterocycles. The second-order valence-corrected chi connectivity index (χ2v) is 6.90. The molecule has 1 fully saturated rings. The summed E-state index contributed by atoms with van der Waals surface area (Å²) in [6, 6.07) is 7.84. The van der Waals surface area contributed by atoms with Crippen molar-refractivity contribution in [1.82, 2.24) is 20.2 Å². The monoisotopic (exact) mass is 354 g/mol. The second-order valence-electron chi connectivity index (χ2n) is 6.90. The topological polar surface area (TPSA) is 76.0 Å². The molecule has 6 nitrogen and oxygen atoms in total. The highest BCUT2D eigenvalue weighted by Gasteiger charge is 2.21. The largest absolute Gasteiger partial charge is 0.348 e. The molecule has 2 aromatic rings. The molecule has 0 spiro atoms. The minimum Gasteiger partial charge on any atom is -0.348 e. The molecule has 138 valence electrons. The van der Waals surface area contributed by atoms with Crippen molar-refractivity contribution in [2.75, 3.05) is 6.54 Å². The maximum absolute atomic E-state index is 12.1. The van der Waals surface area contributed by atoms with E-state index in [0.29, 0.717) is 0 Å². The summed E-state index contributed by atoms with van der Waals surface area (Å²) in [5.74, 6) is -0.0813. The molecule has 1 aliphatic rings. The van der Waals surface area contributed by atoms with Gasteiger partial charge in [-0.3, -0.25) is 9.59 Å². The molecule has 0 bridgehead atoms. The molecular formula is C20H26N4O2. The zero-order valence-electron chi connectivity index (χ0n) is 15.1. The van der Waals surface area contributed by atoms with Crippen molar-refractivity contribution in [3.8, 4) is 5.69 Å². The van der Waals surface area contributed by atoms with E-state index >= 15 is 0 Å². The van der Waals surface area contributed by atoms with E-state index in [1.165, 1.54) is 6.42 Å². The van der Waals surface area contributed by atoms with Crippen molar-refractivity contribution in [1.29, 1.82) is 0 Å². The first-order valence-electron chi connectivity index (χ1n) is 9.29. The summed E-state index contributed by atoms with van der Waals surface area (Å²) in [5, 5.41) is 5.71. The molecule has 26 heavy (non-hydrogen) atoms.